The van der Waals surface area contributed by atoms with Crippen molar-refractivity contribution in [3.8, 4) is 0 Å². The Kier molecular flexibility index (Phi) is 2.35. The Morgan fingerprint density at radius 2 is 2.19 bits per heavy atom. The van der Waals surface area contributed by atoms with E-state index >= 15 is 0 Å². The van der Waals surface area contributed by atoms with Crippen LogP contribution in [0.2, 0.25) is 0 Å². The van der Waals surface area contributed by atoms with Crippen molar-refractivity contribution in [3.63, 3.8) is 0 Å². The van der Waals surface area contributed by atoms with Crippen LogP contribution in [0.15, 0.2) is 4.42 Å². The van der Waals surface area contributed by atoms with Gasteiger partial charge in [-0.15, -0.1) is 5.10 Å². The summed E-state index contributed by atoms with van der Waals surface area (Å²) in [7, 11) is 1.86. The highest BCUT2D eigenvalue weighted by molar-refractivity contribution is 5.21. The molecular formula is C11H18N4O. The second-order valence-corrected chi connectivity index (χ2v) is 5.02. The Morgan fingerprint density at radius 1 is 1.38 bits per heavy atom. The highest BCUT2D eigenvalue weighted by Gasteiger charge is 2.53. The molecule has 16 heavy (non-hydrogen) atoms. The van der Waals surface area contributed by atoms with Crippen molar-refractivity contribution in [3.05, 3.63) is 5.89 Å². The van der Waals surface area contributed by atoms with Gasteiger partial charge in [0.05, 0.1) is 6.54 Å². The van der Waals surface area contributed by atoms with Gasteiger partial charge in [-0.2, -0.15) is 0 Å². The fourth-order valence-electron chi connectivity index (χ4n) is 2.38. The largest absolute Gasteiger partial charge is 0.407 e. The second-order valence-electron chi connectivity index (χ2n) is 5.02. The number of aromatic nitrogens is 2. The molecule has 0 radical (unpaired) electrons. The Hall–Kier alpha value is -1.10. The van der Waals surface area contributed by atoms with Gasteiger partial charge in [0.15, 0.2) is 0 Å². The fraction of sp³-hybridized carbons (Fsp3) is 0.818. The van der Waals surface area contributed by atoms with E-state index in [9.17, 15) is 0 Å². The van der Waals surface area contributed by atoms with Crippen molar-refractivity contribution in [1.82, 2.24) is 15.5 Å². The molecule has 1 heterocycles. The van der Waals surface area contributed by atoms with Crippen LogP contribution in [0.1, 0.15) is 31.6 Å². The van der Waals surface area contributed by atoms with Crippen molar-refractivity contribution in [2.45, 2.75) is 32.2 Å². The number of anilines is 1. The summed E-state index contributed by atoms with van der Waals surface area (Å²) >= 11 is 0. The van der Waals surface area contributed by atoms with Crippen LogP contribution in [0.4, 0.5) is 6.01 Å². The van der Waals surface area contributed by atoms with E-state index in [0.29, 0.717) is 23.9 Å². The van der Waals surface area contributed by atoms with Gasteiger partial charge in [0.1, 0.15) is 0 Å². The normalized spacial score (nSPS) is 22.1. The average molecular weight is 222 g/mol. The van der Waals surface area contributed by atoms with Crippen molar-refractivity contribution in [2.24, 2.45) is 11.3 Å². The van der Waals surface area contributed by atoms with Gasteiger partial charge in [-0.25, -0.2) is 0 Å². The van der Waals surface area contributed by atoms with Crippen LogP contribution in [-0.2, 0) is 6.54 Å². The van der Waals surface area contributed by atoms with Gasteiger partial charge >= 0.3 is 6.01 Å². The lowest BCUT2D eigenvalue weighted by Crippen LogP contribution is -2.17. The third-order valence-corrected chi connectivity index (χ3v) is 3.72. The van der Waals surface area contributed by atoms with Crippen LogP contribution < -0.4 is 10.6 Å². The molecule has 5 nitrogen and oxygen atoms in total. The molecule has 2 aliphatic carbocycles. The summed E-state index contributed by atoms with van der Waals surface area (Å²) in [5.74, 6) is 1.60. The van der Waals surface area contributed by atoms with E-state index in [1.165, 1.54) is 25.7 Å². The van der Waals surface area contributed by atoms with E-state index in [1.54, 1.807) is 0 Å². The van der Waals surface area contributed by atoms with Crippen LogP contribution in [-0.4, -0.2) is 23.8 Å². The van der Waals surface area contributed by atoms with E-state index in [-0.39, 0.29) is 0 Å². The Bertz CT molecular complexity index is 368. The number of nitrogens with zero attached hydrogens (tertiary/aromatic N) is 2. The van der Waals surface area contributed by atoms with Gasteiger partial charge < -0.3 is 15.1 Å². The van der Waals surface area contributed by atoms with Gasteiger partial charge in [0.25, 0.3) is 0 Å². The van der Waals surface area contributed by atoms with Crippen molar-refractivity contribution in [1.29, 1.82) is 0 Å². The molecule has 2 fully saturated rings. The van der Waals surface area contributed by atoms with Gasteiger partial charge in [0.2, 0.25) is 5.89 Å². The summed E-state index contributed by atoms with van der Waals surface area (Å²) in [4.78, 5) is 0. The molecule has 0 aliphatic heterocycles. The third kappa shape index (κ3) is 1.91. The first kappa shape index (κ1) is 10.1. The number of hydrogen-bond donors (Lipinski definition) is 2. The molecule has 0 saturated heterocycles. The van der Waals surface area contributed by atoms with Gasteiger partial charge in [-0.3, -0.25) is 0 Å². The SMILES string of the molecule is CNCc1nnc(NCC2(C3CC3)CC2)o1. The Morgan fingerprint density at radius 3 is 2.81 bits per heavy atom. The highest BCUT2D eigenvalue weighted by Crippen LogP contribution is 2.61. The molecule has 1 aromatic heterocycles. The minimum atomic E-state index is 0.567. The number of nitrogens with one attached hydrogen (secondary N) is 2. The molecule has 0 unspecified atom stereocenters. The molecule has 5 heteroatoms. The number of hydrogen-bond acceptors (Lipinski definition) is 5. The summed E-state index contributed by atoms with van der Waals surface area (Å²) < 4.78 is 5.45. The monoisotopic (exact) mass is 222 g/mol. The molecule has 0 atom stereocenters. The molecule has 0 amide bonds. The van der Waals surface area contributed by atoms with E-state index in [4.69, 9.17) is 4.42 Å². The van der Waals surface area contributed by atoms with Crippen LogP contribution in [0, 0.1) is 11.3 Å². The minimum Gasteiger partial charge on any atom is -0.407 e. The summed E-state index contributed by atoms with van der Waals surface area (Å²) in [6.07, 6.45) is 5.55. The van der Waals surface area contributed by atoms with E-state index < -0.39 is 0 Å². The fourth-order valence-corrected chi connectivity index (χ4v) is 2.38. The molecule has 2 aliphatic rings. The van der Waals surface area contributed by atoms with Crippen LogP contribution >= 0.6 is 0 Å². The predicted molar refractivity (Wildman–Crippen MR) is 59.9 cm³/mol. The molecule has 88 valence electrons. The van der Waals surface area contributed by atoms with Crippen LogP contribution in [0.25, 0.3) is 0 Å². The predicted octanol–water partition coefficient (Wildman–Crippen LogP) is 1.39. The zero-order chi connectivity index (χ0) is 11.0. The zero-order valence-electron chi connectivity index (χ0n) is 9.62. The van der Waals surface area contributed by atoms with Crippen molar-refractivity contribution < 1.29 is 4.42 Å². The van der Waals surface area contributed by atoms with Crippen molar-refractivity contribution >= 4 is 6.01 Å². The molecule has 0 bridgehead atoms. The zero-order valence-corrected chi connectivity index (χ0v) is 9.62. The summed E-state index contributed by atoms with van der Waals surface area (Å²) in [5, 5.41) is 14.2. The first-order valence-electron chi connectivity index (χ1n) is 6.03. The van der Waals surface area contributed by atoms with E-state index in [0.717, 1.165) is 12.5 Å². The lowest BCUT2D eigenvalue weighted by molar-refractivity contribution is 0.447. The quantitative estimate of drug-likeness (QED) is 0.761. The molecular weight excluding hydrogens is 204 g/mol. The topological polar surface area (TPSA) is 63.0 Å². The molecule has 3 rings (SSSR count). The Balaban J connectivity index is 1.53. The lowest BCUT2D eigenvalue weighted by atomic mass is 10.0. The van der Waals surface area contributed by atoms with Gasteiger partial charge in [-0.05, 0) is 44.1 Å². The summed E-state index contributed by atoms with van der Waals surface area (Å²) in [6, 6.07) is 0.567. The van der Waals surface area contributed by atoms with E-state index in [1.807, 2.05) is 7.05 Å². The third-order valence-electron chi connectivity index (χ3n) is 3.72. The van der Waals surface area contributed by atoms with Gasteiger partial charge in [0, 0.05) is 6.54 Å². The molecule has 2 N–H and O–H groups in total. The van der Waals surface area contributed by atoms with Crippen molar-refractivity contribution in [2.75, 3.05) is 18.9 Å². The summed E-state index contributed by atoms with van der Waals surface area (Å²) in [6.45, 7) is 1.63. The maximum absolute atomic E-state index is 5.45. The molecule has 2 saturated carbocycles. The lowest BCUT2D eigenvalue weighted by Gasteiger charge is -2.12. The first-order chi connectivity index (χ1) is 7.82. The number of rotatable bonds is 6. The molecule has 0 spiro atoms. The standard InChI is InChI=1S/C11H18N4O/c1-12-6-9-14-15-10(16-9)13-7-11(4-5-11)8-2-3-8/h8,12H,2-7H2,1H3,(H,13,15). The smallest absolute Gasteiger partial charge is 0.315 e. The highest BCUT2D eigenvalue weighted by atomic mass is 16.4. The summed E-state index contributed by atoms with van der Waals surface area (Å²) in [5.41, 5.74) is 0.567. The maximum atomic E-state index is 5.45. The molecule has 1 aromatic rings. The van der Waals surface area contributed by atoms with Crippen LogP contribution in [0.3, 0.4) is 0 Å². The van der Waals surface area contributed by atoms with E-state index in [2.05, 4.69) is 20.8 Å². The Labute approximate surface area is 95.0 Å². The maximum Gasteiger partial charge on any atom is 0.315 e. The first-order valence-corrected chi connectivity index (χ1v) is 6.03. The van der Waals surface area contributed by atoms with Crippen LogP contribution in [0.5, 0.6) is 0 Å². The minimum absolute atomic E-state index is 0.567. The second kappa shape index (κ2) is 3.73. The van der Waals surface area contributed by atoms with Gasteiger partial charge in [-0.1, -0.05) is 5.10 Å². The average Bonchev–Trinajstić information content (AvgIpc) is 3.16. The molecule has 0 aromatic carbocycles.